The van der Waals surface area contributed by atoms with Gasteiger partial charge in [-0.3, -0.25) is 0 Å². The molecule has 0 aromatic carbocycles. The van der Waals surface area contributed by atoms with E-state index < -0.39 is 0 Å². The summed E-state index contributed by atoms with van der Waals surface area (Å²) in [4.78, 5) is 6.26. The van der Waals surface area contributed by atoms with E-state index in [2.05, 4.69) is 39.9 Å². The molecule has 1 aromatic rings. The van der Waals surface area contributed by atoms with Crippen LogP contribution in [0.4, 0.5) is 0 Å². The molecule has 1 N–H and O–H groups in total. The molecule has 0 radical (unpaired) electrons. The van der Waals surface area contributed by atoms with E-state index in [1.54, 1.807) is 0 Å². The smallest absolute Gasteiger partial charge is 0.113 e. The fourth-order valence-corrected chi connectivity index (χ4v) is 4.46. The summed E-state index contributed by atoms with van der Waals surface area (Å²) in [7, 11) is 0. The van der Waals surface area contributed by atoms with Crippen molar-refractivity contribution >= 4 is 11.3 Å². The molecule has 1 heterocycles. The van der Waals surface area contributed by atoms with Gasteiger partial charge in [0.25, 0.3) is 0 Å². The van der Waals surface area contributed by atoms with Crippen LogP contribution in [0, 0.1) is 19.8 Å². The van der Waals surface area contributed by atoms with Gasteiger partial charge in [-0.1, -0.05) is 26.2 Å². The molecule has 0 aliphatic heterocycles. The zero-order valence-corrected chi connectivity index (χ0v) is 13.9. The second-order valence-corrected chi connectivity index (χ2v) is 7.62. The molecule has 0 saturated heterocycles. The van der Waals surface area contributed by atoms with E-state index in [4.69, 9.17) is 4.98 Å². The lowest BCUT2D eigenvalue weighted by Crippen LogP contribution is -2.49. The van der Waals surface area contributed by atoms with Gasteiger partial charge in [-0.2, -0.15) is 0 Å². The van der Waals surface area contributed by atoms with E-state index >= 15 is 0 Å². The Morgan fingerprint density at radius 1 is 1.42 bits per heavy atom. The zero-order chi connectivity index (χ0) is 14.0. The van der Waals surface area contributed by atoms with Crippen LogP contribution in [0.5, 0.6) is 0 Å². The van der Waals surface area contributed by atoms with Gasteiger partial charge >= 0.3 is 0 Å². The van der Waals surface area contributed by atoms with Crippen LogP contribution in [0.2, 0.25) is 0 Å². The highest BCUT2D eigenvalue weighted by Crippen LogP contribution is 2.43. The van der Waals surface area contributed by atoms with Gasteiger partial charge in [-0.05, 0) is 46.5 Å². The molecule has 0 spiro atoms. The van der Waals surface area contributed by atoms with Crippen molar-refractivity contribution in [2.24, 2.45) is 5.92 Å². The summed E-state index contributed by atoms with van der Waals surface area (Å²) in [6, 6.07) is 0.514. The van der Waals surface area contributed by atoms with Crippen LogP contribution in [0.15, 0.2) is 0 Å². The third-order valence-corrected chi connectivity index (χ3v) is 5.71. The van der Waals surface area contributed by atoms with E-state index in [9.17, 15) is 0 Å². The third-order valence-electron chi connectivity index (χ3n) is 4.43. The topological polar surface area (TPSA) is 24.9 Å². The van der Waals surface area contributed by atoms with Crippen molar-refractivity contribution in [2.45, 2.75) is 78.3 Å². The molecule has 1 fully saturated rings. The number of hydrogen-bond donors (Lipinski definition) is 1. The number of aromatic nitrogens is 1. The molecule has 1 aromatic heterocycles. The van der Waals surface area contributed by atoms with E-state index in [1.165, 1.54) is 47.7 Å². The highest BCUT2D eigenvalue weighted by Gasteiger charge is 2.40. The van der Waals surface area contributed by atoms with Crippen LogP contribution >= 0.6 is 11.3 Å². The normalized spacial score (nSPS) is 28.0. The number of aryl methyl sites for hydroxylation is 2. The fourth-order valence-electron chi connectivity index (χ4n) is 3.35. The van der Waals surface area contributed by atoms with Crippen molar-refractivity contribution in [1.82, 2.24) is 10.3 Å². The number of nitrogens with zero attached hydrogens (tertiary/aromatic N) is 1. The first-order valence-electron chi connectivity index (χ1n) is 7.69. The molecule has 1 aliphatic carbocycles. The van der Waals surface area contributed by atoms with Gasteiger partial charge in [0.15, 0.2) is 0 Å². The van der Waals surface area contributed by atoms with E-state index in [-0.39, 0.29) is 5.54 Å². The summed E-state index contributed by atoms with van der Waals surface area (Å²) in [5, 5.41) is 5.19. The first-order chi connectivity index (χ1) is 8.97. The van der Waals surface area contributed by atoms with Crippen LogP contribution in [-0.4, -0.2) is 11.0 Å². The Balaban J connectivity index is 2.33. The maximum atomic E-state index is 4.88. The van der Waals surface area contributed by atoms with Gasteiger partial charge in [0, 0.05) is 10.9 Å². The summed E-state index contributed by atoms with van der Waals surface area (Å²) in [6.45, 7) is 11.2. The molecule has 0 bridgehead atoms. The maximum Gasteiger partial charge on any atom is 0.113 e. The molecule has 2 rings (SSSR count). The predicted octanol–water partition coefficient (Wildman–Crippen LogP) is 4.55. The van der Waals surface area contributed by atoms with Crippen molar-refractivity contribution in [1.29, 1.82) is 0 Å². The third kappa shape index (κ3) is 3.19. The summed E-state index contributed by atoms with van der Waals surface area (Å²) < 4.78 is 0. The summed E-state index contributed by atoms with van der Waals surface area (Å²) in [5.41, 5.74) is 1.35. The molecule has 1 saturated carbocycles. The van der Waals surface area contributed by atoms with Crippen LogP contribution in [0.3, 0.4) is 0 Å². The number of hydrogen-bond acceptors (Lipinski definition) is 3. The summed E-state index contributed by atoms with van der Waals surface area (Å²) >= 11 is 1.90. The zero-order valence-electron chi connectivity index (χ0n) is 13.0. The SMILES string of the molecule is CCC1CCCC(NC(C)C)(c2nc(C)c(C)s2)C1. The lowest BCUT2D eigenvalue weighted by molar-refractivity contribution is 0.163. The van der Waals surface area contributed by atoms with Crippen LogP contribution in [0.1, 0.15) is 68.5 Å². The van der Waals surface area contributed by atoms with Crippen molar-refractivity contribution in [2.75, 3.05) is 0 Å². The Morgan fingerprint density at radius 2 is 2.16 bits per heavy atom. The first kappa shape index (κ1) is 15.0. The van der Waals surface area contributed by atoms with Gasteiger partial charge < -0.3 is 5.32 Å². The van der Waals surface area contributed by atoms with Gasteiger partial charge in [0.2, 0.25) is 0 Å². The Hall–Kier alpha value is -0.410. The van der Waals surface area contributed by atoms with Gasteiger partial charge in [-0.15, -0.1) is 11.3 Å². The molecular formula is C16H28N2S. The average molecular weight is 280 g/mol. The summed E-state index contributed by atoms with van der Waals surface area (Å²) in [5.74, 6) is 0.851. The fraction of sp³-hybridized carbons (Fsp3) is 0.812. The molecule has 1 aliphatic rings. The molecule has 2 nitrogen and oxygen atoms in total. The largest absolute Gasteiger partial charge is 0.303 e. The highest BCUT2D eigenvalue weighted by molar-refractivity contribution is 7.11. The van der Waals surface area contributed by atoms with Gasteiger partial charge in [0.05, 0.1) is 11.2 Å². The minimum Gasteiger partial charge on any atom is -0.303 e. The van der Waals surface area contributed by atoms with E-state index in [0.29, 0.717) is 6.04 Å². The molecule has 108 valence electrons. The molecule has 0 amide bonds. The molecule has 2 atom stereocenters. The standard InChI is InChI=1S/C16H28N2S/c1-6-14-8-7-9-16(10-14,18-11(2)3)15-17-12(4)13(5)19-15/h11,14,18H,6-10H2,1-5H3. The monoisotopic (exact) mass is 280 g/mol. The first-order valence-corrected chi connectivity index (χ1v) is 8.50. The second-order valence-electron chi connectivity index (χ2n) is 6.41. The van der Waals surface area contributed by atoms with Gasteiger partial charge in [0.1, 0.15) is 5.01 Å². The maximum absolute atomic E-state index is 4.88. The second kappa shape index (κ2) is 5.92. The summed E-state index contributed by atoms with van der Waals surface area (Å²) in [6.07, 6.45) is 6.52. The van der Waals surface area contributed by atoms with Crippen molar-refractivity contribution in [3.63, 3.8) is 0 Å². The Labute approximate surface area is 122 Å². The Bertz CT molecular complexity index is 405. The van der Waals surface area contributed by atoms with Crippen LogP contribution in [0.25, 0.3) is 0 Å². The lowest BCUT2D eigenvalue weighted by Gasteiger charge is -2.41. The van der Waals surface area contributed by atoms with Crippen LogP contribution < -0.4 is 5.32 Å². The Kier molecular flexibility index (Phi) is 4.67. The van der Waals surface area contributed by atoms with E-state index in [1.807, 2.05) is 11.3 Å². The van der Waals surface area contributed by atoms with E-state index in [0.717, 1.165) is 5.92 Å². The predicted molar refractivity (Wildman–Crippen MR) is 83.8 cm³/mol. The lowest BCUT2D eigenvalue weighted by atomic mass is 9.74. The minimum absolute atomic E-state index is 0.136. The van der Waals surface area contributed by atoms with Crippen molar-refractivity contribution in [3.8, 4) is 0 Å². The number of rotatable bonds is 4. The van der Waals surface area contributed by atoms with Crippen LogP contribution in [-0.2, 0) is 5.54 Å². The quantitative estimate of drug-likeness (QED) is 0.875. The Morgan fingerprint density at radius 3 is 2.68 bits per heavy atom. The molecule has 19 heavy (non-hydrogen) atoms. The van der Waals surface area contributed by atoms with Crippen molar-refractivity contribution < 1.29 is 0 Å². The minimum atomic E-state index is 0.136. The number of thiazole rings is 1. The molecule has 3 heteroatoms. The highest BCUT2D eigenvalue weighted by atomic mass is 32.1. The number of nitrogens with one attached hydrogen (secondary N) is 1. The average Bonchev–Trinajstić information content (AvgIpc) is 2.69. The molecular weight excluding hydrogens is 252 g/mol. The van der Waals surface area contributed by atoms with Crippen molar-refractivity contribution in [3.05, 3.63) is 15.6 Å². The molecule has 2 unspecified atom stereocenters. The van der Waals surface area contributed by atoms with Gasteiger partial charge in [-0.25, -0.2) is 4.98 Å².